The first-order valence-electron chi connectivity index (χ1n) is 19.2. The molecule has 1 aliphatic rings. The number of hydrogen-bond donors (Lipinski definition) is 0. The van der Waals surface area contributed by atoms with Gasteiger partial charge in [-0.1, -0.05) is 159 Å². The van der Waals surface area contributed by atoms with Gasteiger partial charge in [-0.3, -0.25) is 4.57 Å². The molecule has 0 aliphatic heterocycles. The largest absolute Gasteiger partial charge is 0.296 e. The summed E-state index contributed by atoms with van der Waals surface area (Å²) in [6, 6.07) is 69.0. The third-order valence-corrected chi connectivity index (χ3v) is 11.5. The van der Waals surface area contributed by atoms with Crippen LogP contribution in [0.15, 0.2) is 188 Å². The molecule has 0 bridgehead atoms. The predicted molar refractivity (Wildman–Crippen MR) is 232 cm³/mol. The molecule has 0 amide bonds. The molecule has 2 heteroatoms. The van der Waals surface area contributed by atoms with Crippen LogP contribution >= 0.6 is 0 Å². The molecule has 1 aliphatic carbocycles. The summed E-state index contributed by atoms with van der Waals surface area (Å²) in [5.41, 5.74) is 18.2. The van der Waals surface area contributed by atoms with E-state index < -0.39 is 0 Å². The Bertz CT molecular complexity index is 3090. The zero-order valence-electron chi connectivity index (χ0n) is 30.5. The maximum atomic E-state index is 5.08. The SMILES string of the molecule is CCc1nc2ccc(-c3ccccc3)cc2n1-c1ccc(-c2cc(-c3ccc4ccccc4c3)c3c(c2-c2ccccc2)-c2cccc4cccc-3c24)cc1. The lowest BCUT2D eigenvalue weighted by Gasteiger charge is -2.21. The molecular formula is C53H36N2. The van der Waals surface area contributed by atoms with Gasteiger partial charge in [0.05, 0.1) is 11.0 Å². The van der Waals surface area contributed by atoms with Gasteiger partial charge in [0.2, 0.25) is 0 Å². The van der Waals surface area contributed by atoms with Crippen molar-refractivity contribution in [2.24, 2.45) is 0 Å². The van der Waals surface area contributed by atoms with Gasteiger partial charge in [-0.25, -0.2) is 4.98 Å². The van der Waals surface area contributed by atoms with Crippen LogP contribution in [0.2, 0.25) is 0 Å². The average molecular weight is 701 g/mol. The third-order valence-electron chi connectivity index (χ3n) is 11.5. The fourth-order valence-corrected chi connectivity index (χ4v) is 8.96. The second kappa shape index (κ2) is 12.5. The number of imidazole rings is 1. The highest BCUT2D eigenvalue weighted by Gasteiger charge is 2.30. The van der Waals surface area contributed by atoms with Crippen molar-refractivity contribution >= 4 is 32.6 Å². The zero-order valence-corrected chi connectivity index (χ0v) is 30.5. The highest BCUT2D eigenvalue weighted by molar-refractivity contribution is 6.23. The van der Waals surface area contributed by atoms with E-state index in [9.17, 15) is 0 Å². The second-order valence-corrected chi connectivity index (χ2v) is 14.6. The average Bonchev–Trinajstić information content (AvgIpc) is 3.80. The third kappa shape index (κ3) is 4.99. The molecular weight excluding hydrogens is 665 g/mol. The molecule has 11 rings (SSSR count). The molecule has 0 spiro atoms. The molecule has 0 fully saturated rings. The van der Waals surface area contributed by atoms with Gasteiger partial charge in [-0.2, -0.15) is 0 Å². The quantitative estimate of drug-likeness (QED) is 0.169. The molecule has 0 unspecified atom stereocenters. The Kier molecular flexibility index (Phi) is 7.18. The number of rotatable bonds is 6. The van der Waals surface area contributed by atoms with E-state index in [0.717, 1.165) is 29.0 Å². The number of benzene rings is 9. The topological polar surface area (TPSA) is 17.8 Å². The highest BCUT2D eigenvalue weighted by atomic mass is 15.1. The molecule has 0 radical (unpaired) electrons. The van der Waals surface area contributed by atoms with Crippen molar-refractivity contribution in [3.05, 3.63) is 194 Å². The Labute approximate surface area is 320 Å². The normalized spacial score (nSPS) is 11.8. The Morgan fingerprint density at radius 3 is 1.76 bits per heavy atom. The smallest absolute Gasteiger partial charge is 0.114 e. The van der Waals surface area contributed by atoms with Gasteiger partial charge in [-0.05, 0) is 125 Å². The van der Waals surface area contributed by atoms with Gasteiger partial charge in [-0.15, -0.1) is 0 Å². The number of hydrogen-bond acceptors (Lipinski definition) is 1. The van der Waals surface area contributed by atoms with Crippen LogP contribution in [0.4, 0.5) is 0 Å². The first-order chi connectivity index (χ1) is 27.2. The number of nitrogens with zero attached hydrogens (tertiary/aromatic N) is 2. The molecule has 0 atom stereocenters. The minimum Gasteiger partial charge on any atom is -0.296 e. The fraction of sp³-hybridized carbons (Fsp3) is 0.0377. The standard InChI is InChI=1S/C53H36N2/c1-2-49-54-47-30-27-40(34-13-5-3-6-14-34)32-48(47)55(49)42-28-25-36(26-29-42)45-33-46(41-24-23-35-15-9-10-18-39(35)31-41)52-43-21-11-19-37-20-12-22-44(50(37)43)53(52)51(45)38-16-7-4-8-17-38/h3-33H,2H2,1H3. The van der Waals surface area contributed by atoms with Gasteiger partial charge < -0.3 is 0 Å². The number of aromatic nitrogens is 2. The molecule has 1 heterocycles. The molecule has 258 valence electrons. The fourth-order valence-electron chi connectivity index (χ4n) is 8.96. The summed E-state index contributed by atoms with van der Waals surface area (Å²) in [5.74, 6) is 1.06. The van der Waals surface area contributed by atoms with E-state index >= 15 is 0 Å². The first-order valence-corrected chi connectivity index (χ1v) is 19.2. The van der Waals surface area contributed by atoms with Gasteiger partial charge in [0.15, 0.2) is 0 Å². The summed E-state index contributed by atoms with van der Waals surface area (Å²) in [6.07, 6.45) is 0.835. The first kappa shape index (κ1) is 31.5. The van der Waals surface area contributed by atoms with Crippen LogP contribution in [-0.2, 0) is 6.42 Å². The van der Waals surface area contributed by atoms with Crippen molar-refractivity contribution in [1.82, 2.24) is 9.55 Å². The van der Waals surface area contributed by atoms with E-state index in [1.165, 1.54) is 88.3 Å². The van der Waals surface area contributed by atoms with E-state index in [1.807, 2.05) is 0 Å². The highest BCUT2D eigenvalue weighted by Crippen LogP contribution is 2.57. The minimum absolute atomic E-state index is 0.835. The summed E-state index contributed by atoms with van der Waals surface area (Å²) < 4.78 is 2.34. The lowest BCUT2D eigenvalue weighted by Crippen LogP contribution is -2.00. The molecule has 0 saturated heterocycles. The van der Waals surface area contributed by atoms with Crippen LogP contribution in [0.5, 0.6) is 0 Å². The predicted octanol–water partition coefficient (Wildman–Crippen LogP) is 14.2. The monoisotopic (exact) mass is 700 g/mol. The van der Waals surface area contributed by atoms with Crippen molar-refractivity contribution in [3.8, 4) is 72.4 Å². The maximum Gasteiger partial charge on any atom is 0.114 e. The molecule has 1 aromatic heterocycles. The minimum atomic E-state index is 0.835. The Balaban J connectivity index is 1.16. The van der Waals surface area contributed by atoms with Gasteiger partial charge in [0.25, 0.3) is 0 Å². The second-order valence-electron chi connectivity index (χ2n) is 14.6. The Morgan fingerprint density at radius 1 is 0.400 bits per heavy atom. The van der Waals surface area contributed by atoms with Gasteiger partial charge >= 0.3 is 0 Å². The number of aryl methyl sites for hydroxylation is 1. The summed E-state index contributed by atoms with van der Waals surface area (Å²) >= 11 is 0. The summed E-state index contributed by atoms with van der Waals surface area (Å²) in [5, 5.41) is 5.10. The maximum absolute atomic E-state index is 5.08. The van der Waals surface area contributed by atoms with Crippen LogP contribution < -0.4 is 0 Å². The molecule has 10 aromatic rings. The van der Waals surface area contributed by atoms with E-state index in [0.29, 0.717) is 0 Å². The lowest BCUT2D eigenvalue weighted by molar-refractivity contribution is 0.908. The molecule has 2 nitrogen and oxygen atoms in total. The van der Waals surface area contributed by atoms with Crippen LogP contribution in [0.25, 0.3) is 105 Å². The molecule has 0 N–H and O–H groups in total. The van der Waals surface area contributed by atoms with Crippen LogP contribution in [-0.4, -0.2) is 9.55 Å². The lowest BCUT2D eigenvalue weighted by atomic mass is 9.82. The van der Waals surface area contributed by atoms with Crippen molar-refractivity contribution in [2.45, 2.75) is 13.3 Å². The van der Waals surface area contributed by atoms with Crippen molar-refractivity contribution < 1.29 is 0 Å². The summed E-state index contributed by atoms with van der Waals surface area (Å²) in [6.45, 7) is 2.19. The Hall–Kier alpha value is -7.03. The van der Waals surface area contributed by atoms with Crippen molar-refractivity contribution in [1.29, 1.82) is 0 Å². The van der Waals surface area contributed by atoms with Crippen LogP contribution in [0.1, 0.15) is 12.7 Å². The molecule has 0 saturated carbocycles. The summed E-state index contributed by atoms with van der Waals surface area (Å²) in [7, 11) is 0. The van der Waals surface area contributed by atoms with E-state index in [-0.39, 0.29) is 0 Å². The van der Waals surface area contributed by atoms with E-state index in [4.69, 9.17) is 4.98 Å². The van der Waals surface area contributed by atoms with Crippen molar-refractivity contribution in [3.63, 3.8) is 0 Å². The van der Waals surface area contributed by atoms with E-state index in [1.54, 1.807) is 0 Å². The zero-order chi connectivity index (χ0) is 36.5. The van der Waals surface area contributed by atoms with Gasteiger partial charge in [0.1, 0.15) is 5.82 Å². The molecule has 55 heavy (non-hydrogen) atoms. The van der Waals surface area contributed by atoms with E-state index in [2.05, 4.69) is 200 Å². The number of fused-ring (bicyclic) bond motifs is 5. The van der Waals surface area contributed by atoms with Crippen LogP contribution in [0.3, 0.4) is 0 Å². The van der Waals surface area contributed by atoms with Gasteiger partial charge in [0, 0.05) is 12.1 Å². The van der Waals surface area contributed by atoms with Crippen LogP contribution in [0, 0.1) is 0 Å². The Morgan fingerprint density at radius 2 is 1.02 bits per heavy atom. The summed E-state index contributed by atoms with van der Waals surface area (Å²) in [4.78, 5) is 5.08. The van der Waals surface area contributed by atoms with Crippen molar-refractivity contribution in [2.75, 3.05) is 0 Å². The molecule has 9 aromatic carbocycles.